The molecule has 2 heteroatoms. The largest absolute Gasteiger partial charge is 0.456 e. The van der Waals surface area contributed by atoms with E-state index in [1.807, 2.05) is 12.4 Å². The topological polar surface area (TPSA) is 22.1 Å². The third-order valence-electron chi connectivity index (χ3n) is 6.25. The molecule has 0 saturated carbocycles. The van der Waals surface area contributed by atoms with Crippen LogP contribution in [0.25, 0.3) is 43.4 Å². The molecule has 1 heterocycles. The summed E-state index contributed by atoms with van der Waals surface area (Å²) in [6.45, 7) is 4.20. The van der Waals surface area contributed by atoms with Crippen molar-refractivity contribution in [3.8, 4) is 22.6 Å². The van der Waals surface area contributed by atoms with Gasteiger partial charge in [-0.1, -0.05) is 72.8 Å². The van der Waals surface area contributed by atoms with Gasteiger partial charge in [-0.3, -0.25) is 4.98 Å². The van der Waals surface area contributed by atoms with Crippen molar-refractivity contribution >= 4 is 32.3 Å². The van der Waals surface area contributed by atoms with Crippen LogP contribution in [0.4, 0.5) is 0 Å². The summed E-state index contributed by atoms with van der Waals surface area (Å²) in [4.78, 5) is 4.51. The molecule has 6 aromatic rings. The average molecular weight is 426 g/mol. The summed E-state index contributed by atoms with van der Waals surface area (Å²) in [5.74, 6) is 1.73. The Morgan fingerprint density at radius 3 is 2.09 bits per heavy atom. The van der Waals surface area contributed by atoms with Crippen molar-refractivity contribution in [2.45, 2.75) is 13.8 Å². The van der Waals surface area contributed by atoms with E-state index in [0.717, 1.165) is 33.0 Å². The fourth-order valence-corrected chi connectivity index (χ4v) is 4.93. The van der Waals surface area contributed by atoms with Gasteiger partial charge in [0.25, 0.3) is 0 Å². The predicted octanol–water partition coefficient (Wildman–Crippen LogP) is 8.62. The molecule has 0 atom stereocenters. The van der Waals surface area contributed by atoms with Gasteiger partial charge in [0.2, 0.25) is 0 Å². The maximum atomic E-state index is 6.62. The second kappa shape index (κ2) is 7.75. The first kappa shape index (κ1) is 19.5. The van der Waals surface area contributed by atoms with Gasteiger partial charge in [0.05, 0.1) is 0 Å². The van der Waals surface area contributed by atoms with Crippen LogP contribution in [0, 0.1) is 13.8 Å². The third kappa shape index (κ3) is 3.32. The van der Waals surface area contributed by atoms with Crippen LogP contribution < -0.4 is 4.74 Å². The molecule has 0 fully saturated rings. The van der Waals surface area contributed by atoms with Gasteiger partial charge in [-0.05, 0) is 70.5 Å². The standard InChI is InChI=1S/C31H23NO/c1-20-16-21(2)18-23(17-20)33-31-27-12-6-5-11-26(27)30(29-19-32-15-14-28(29)31)25-13-7-9-22-8-3-4-10-24(22)25/h3-19H,1-2H3. The quantitative estimate of drug-likeness (QED) is 0.265. The molecule has 5 aromatic carbocycles. The molecule has 0 aliphatic rings. The van der Waals surface area contributed by atoms with Crippen LogP contribution in [0.1, 0.15) is 11.1 Å². The lowest BCUT2D eigenvalue weighted by Gasteiger charge is -2.18. The summed E-state index contributed by atoms with van der Waals surface area (Å²) >= 11 is 0. The van der Waals surface area contributed by atoms with E-state index in [9.17, 15) is 0 Å². The molecule has 6 rings (SSSR count). The number of pyridine rings is 1. The minimum absolute atomic E-state index is 0.855. The van der Waals surface area contributed by atoms with Crippen molar-refractivity contribution in [3.05, 3.63) is 115 Å². The molecule has 33 heavy (non-hydrogen) atoms. The monoisotopic (exact) mass is 425 g/mol. The van der Waals surface area contributed by atoms with Crippen molar-refractivity contribution in [1.82, 2.24) is 4.98 Å². The number of ether oxygens (including phenoxy) is 1. The molecule has 0 aliphatic carbocycles. The highest BCUT2D eigenvalue weighted by Gasteiger charge is 2.18. The second-order valence-corrected chi connectivity index (χ2v) is 8.62. The van der Waals surface area contributed by atoms with E-state index in [4.69, 9.17) is 4.74 Å². The molecule has 0 bridgehead atoms. The Morgan fingerprint density at radius 2 is 1.27 bits per heavy atom. The zero-order chi connectivity index (χ0) is 22.4. The number of aryl methyl sites for hydroxylation is 2. The summed E-state index contributed by atoms with van der Waals surface area (Å²) in [6, 6.07) is 32.0. The highest BCUT2D eigenvalue weighted by Crippen LogP contribution is 2.45. The number of nitrogens with zero attached hydrogens (tertiary/aromatic N) is 1. The summed E-state index contributed by atoms with van der Waals surface area (Å²) < 4.78 is 6.62. The van der Waals surface area contributed by atoms with Gasteiger partial charge < -0.3 is 4.74 Å². The lowest BCUT2D eigenvalue weighted by Crippen LogP contribution is -1.94. The molecule has 0 amide bonds. The molecular formula is C31H23NO. The maximum Gasteiger partial charge on any atom is 0.143 e. The zero-order valence-electron chi connectivity index (χ0n) is 18.7. The summed E-state index contributed by atoms with van der Waals surface area (Å²) in [6.07, 6.45) is 3.81. The fourth-order valence-electron chi connectivity index (χ4n) is 4.93. The second-order valence-electron chi connectivity index (χ2n) is 8.62. The van der Waals surface area contributed by atoms with E-state index >= 15 is 0 Å². The maximum absolute atomic E-state index is 6.62. The minimum atomic E-state index is 0.855. The molecule has 0 N–H and O–H groups in total. The van der Waals surface area contributed by atoms with E-state index in [0.29, 0.717) is 0 Å². The Labute approximate surface area is 193 Å². The predicted molar refractivity (Wildman–Crippen MR) is 138 cm³/mol. The number of rotatable bonds is 3. The third-order valence-corrected chi connectivity index (χ3v) is 6.25. The number of hydrogen-bond donors (Lipinski definition) is 0. The van der Waals surface area contributed by atoms with Crippen LogP contribution in [0.2, 0.25) is 0 Å². The van der Waals surface area contributed by atoms with E-state index < -0.39 is 0 Å². The summed E-state index contributed by atoms with van der Waals surface area (Å²) in [7, 11) is 0. The lowest BCUT2D eigenvalue weighted by molar-refractivity contribution is 0.493. The molecule has 1 aromatic heterocycles. The Morgan fingerprint density at radius 1 is 0.606 bits per heavy atom. The average Bonchev–Trinajstić information content (AvgIpc) is 2.83. The highest BCUT2D eigenvalue weighted by molar-refractivity contribution is 6.19. The van der Waals surface area contributed by atoms with Crippen molar-refractivity contribution in [2.75, 3.05) is 0 Å². The highest BCUT2D eigenvalue weighted by atomic mass is 16.5. The number of aromatic nitrogens is 1. The fraction of sp³-hybridized carbons (Fsp3) is 0.0645. The van der Waals surface area contributed by atoms with Gasteiger partial charge in [0, 0.05) is 28.6 Å². The molecule has 0 spiro atoms. The van der Waals surface area contributed by atoms with Crippen LogP contribution in [0.15, 0.2) is 103 Å². The van der Waals surface area contributed by atoms with Gasteiger partial charge in [0.1, 0.15) is 11.5 Å². The Balaban J connectivity index is 1.72. The van der Waals surface area contributed by atoms with E-state index in [2.05, 4.69) is 110 Å². The first-order chi connectivity index (χ1) is 16.2. The van der Waals surface area contributed by atoms with Gasteiger partial charge in [-0.15, -0.1) is 0 Å². The van der Waals surface area contributed by atoms with Crippen molar-refractivity contribution < 1.29 is 4.74 Å². The van der Waals surface area contributed by atoms with Crippen molar-refractivity contribution in [3.63, 3.8) is 0 Å². The van der Waals surface area contributed by atoms with Crippen molar-refractivity contribution in [2.24, 2.45) is 0 Å². The first-order valence-electron chi connectivity index (χ1n) is 11.2. The van der Waals surface area contributed by atoms with Crippen molar-refractivity contribution in [1.29, 1.82) is 0 Å². The number of benzene rings is 5. The number of fused-ring (bicyclic) bond motifs is 3. The van der Waals surface area contributed by atoms with Crippen LogP contribution in [0.3, 0.4) is 0 Å². The summed E-state index contributed by atoms with van der Waals surface area (Å²) in [5, 5.41) is 6.87. The van der Waals surface area contributed by atoms with E-state index in [-0.39, 0.29) is 0 Å². The molecule has 0 radical (unpaired) electrons. The van der Waals surface area contributed by atoms with Gasteiger partial charge >= 0.3 is 0 Å². The Bertz CT molecular complexity index is 1580. The smallest absolute Gasteiger partial charge is 0.143 e. The zero-order valence-corrected chi connectivity index (χ0v) is 18.7. The summed E-state index contributed by atoms with van der Waals surface area (Å²) in [5.41, 5.74) is 4.78. The molecular weight excluding hydrogens is 402 g/mol. The lowest BCUT2D eigenvalue weighted by atomic mass is 9.89. The first-order valence-corrected chi connectivity index (χ1v) is 11.2. The molecule has 0 aliphatic heterocycles. The molecule has 0 unspecified atom stereocenters. The number of hydrogen-bond acceptors (Lipinski definition) is 2. The Kier molecular flexibility index (Phi) is 4.58. The van der Waals surface area contributed by atoms with E-state index in [1.54, 1.807) is 0 Å². The van der Waals surface area contributed by atoms with Crippen LogP contribution in [-0.4, -0.2) is 4.98 Å². The molecule has 158 valence electrons. The normalized spacial score (nSPS) is 11.3. The molecule has 2 nitrogen and oxygen atoms in total. The van der Waals surface area contributed by atoms with Gasteiger partial charge in [0.15, 0.2) is 0 Å². The van der Waals surface area contributed by atoms with Crippen LogP contribution in [-0.2, 0) is 0 Å². The van der Waals surface area contributed by atoms with Gasteiger partial charge in [-0.25, -0.2) is 0 Å². The molecule has 0 saturated heterocycles. The van der Waals surface area contributed by atoms with E-state index in [1.165, 1.54) is 33.0 Å². The van der Waals surface area contributed by atoms with Crippen LogP contribution in [0.5, 0.6) is 11.5 Å². The van der Waals surface area contributed by atoms with Crippen LogP contribution >= 0.6 is 0 Å². The van der Waals surface area contributed by atoms with Gasteiger partial charge in [-0.2, -0.15) is 0 Å². The SMILES string of the molecule is Cc1cc(C)cc(Oc2c3ccccc3c(-c3cccc4ccccc34)c3cnccc23)c1. The Hall–Kier alpha value is -4.17. The minimum Gasteiger partial charge on any atom is -0.456 e.